The Morgan fingerprint density at radius 2 is 1.29 bits per heavy atom. The van der Waals surface area contributed by atoms with E-state index in [-0.39, 0.29) is 56.3 Å². The van der Waals surface area contributed by atoms with Crippen LogP contribution in [0.15, 0.2) is 63.7 Å². The van der Waals surface area contributed by atoms with Gasteiger partial charge in [-0.05, 0) is 62.4 Å². The third-order valence-corrected chi connectivity index (χ3v) is 4.26. The molecule has 0 unspecified atom stereocenters. The van der Waals surface area contributed by atoms with Crippen molar-refractivity contribution in [3.05, 3.63) is 48.5 Å². The molecular weight excluding hydrogens is 353 g/mol. The molecule has 0 amide bonds. The number of rotatable bonds is 6. The molecule has 6 nitrogen and oxygen atoms in total. The van der Waals surface area contributed by atoms with E-state index in [0.29, 0.717) is 11.4 Å². The van der Waals surface area contributed by atoms with E-state index < -0.39 is 10.1 Å². The van der Waals surface area contributed by atoms with Crippen molar-refractivity contribution in [3.63, 3.8) is 0 Å². The van der Waals surface area contributed by atoms with Gasteiger partial charge in [0.2, 0.25) is 0 Å². The van der Waals surface area contributed by atoms with Gasteiger partial charge in [-0.15, -0.1) is 0 Å². The average Bonchev–Trinajstić information content (AvgIpc) is 2.55. The van der Waals surface area contributed by atoms with Gasteiger partial charge in [-0.2, -0.15) is 18.6 Å². The zero-order chi connectivity index (χ0) is 16.9. The van der Waals surface area contributed by atoms with E-state index in [4.69, 9.17) is 4.55 Å². The molecule has 0 fully saturated rings. The second-order valence-electron chi connectivity index (χ2n) is 4.86. The van der Waals surface area contributed by atoms with Gasteiger partial charge < -0.3 is 4.90 Å². The number of anilines is 1. The SMILES string of the molecule is CCN(CC)c1ccc(N=Nc2ccc(S(=O)(=O)O)cc2)cc1.[K]. The molecule has 0 aliphatic carbocycles. The number of nitrogens with zero attached hydrogens (tertiary/aromatic N) is 3. The Balaban J connectivity index is 0.00000288. The molecule has 0 saturated carbocycles. The standard InChI is InChI=1S/C16H19N3O3S.K/c1-3-19(4-2)15-9-5-13(6-10-15)17-18-14-7-11-16(12-8-14)23(20,21)22;/h5-12H,3-4H2,1-2H3,(H,20,21,22);. The summed E-state index contributed by atoms with van der Waals surface area (Å²) in [5.41, 5.74) is 2.34. The number of hydrogen-bond donors (Lipinski definition) is 1. The van der Waals surface area contributed by atoms with Crippen LogP contribution >= 0.6 is 0 Å². The minimum atomic E-state index is -4.18. The maximum absolute atomic E-state index is 11.0. The van der Waals surface area contributed by atoms with Crippen LogP contribution in [-0.4, -0.2) is 77.4 Å². The van der Waals surface area contributed by atoms with Gasteiger partial charge in [-0.1, -0.05) is 0 Å². The Kier molecular flexibility index (Phi) is 8.72. The zero-order valence-corrected chi connectivity index (χ0v) is 18.0. The summed E-state index contributed by atoms with van der Waals surface area (Å²) in [6, 6.07) is 13.3. The quantitative estimate of drug-likeness (QED) is 0.475. The van der Waals surface area contributed by atoms with Crippen LogP contribution in [0.4, 0.5) is 17.1 Å². The van der Waals surface area contributed by atoms with Crippen LogP contribution in [0.2, 0.25) is 0 Å². The van der Waals surface area contributed by atoms with E-state index in [1.807, 2.05) is 24.3 Å². The van der Waals surface area contributed by atoms with Crippen LogP contribution in [-0.2, 0) is 10.1 Å². The molecule has 0 bridgehead atoms. The van der Waals surface area contributed by atoms with E-state index in [9.17, 15) is 8.42 Å². The Bertz CT molecular complexity index is 771. The first-order valence-electron chi connectivity index (χ1n) is 7.28. The Hall–Kier alpha value is -0.614. The van der Waals surface area contributed by atoms with Gasteiger partial charge in [0.05, 0.1) is 16.3 Å². The second kappa shape index (κ2) is 9.76. The first kappa shape index (κ1) is 21.4. The van der Waals surface area contributed by atoms with Gasteiger partial charge in [0.1, 0.15) is 0 Å². The summed E-state index contributed by atoms with van der Waals surface area (Å²) in [6.45, 7) is 6.09. The van der Waals surface area contributed by atoms with Crippen molar-refractivity contribution >= 4 is 78.6 Å². The molecule has 0 spiro atoms. The van der Waals surface area contributed by atoms with Crippen molar-refractivity contribution in [2.45, 2.75) is 18.7 Å². The fourth-order valence-electron chi connectivity index (χ4n) is 2.12. The summed E-state index contributed by atoms with van der Waals surface area (Å²) >= 11 is 0. The van der Waals surface area contributed by atoms with Crippen molar-refractivity contribution in [2.24, 2.45) is 10.2 Å². The molecule has 0 atom stereocenters. The average molecular weight is 373 g/mol. The van der Waals surface area contributed by atoms with Crippen LogP contribution in [0.3, 0.4) is 0 Å². The molecule has 0 aromatic heterocycles. The molecule has 1 N–H and O–H groups in total. The van der Waals surface area contributed by atoms with Gasteiger partial charge in [0, 0.05) is 70.2 Å². The number of hydrogen-bond acceptors (Lipinski definition) is 5. The van der Waals surface area contributed by atoms with E-state index in [0.717, 1.165) is 18.8 Å². The van der Waals surface area contributed by atoms with Gasteiger partial charge in [-0.25, -0.2) is 0 Å². The molecule has 24 heavy (non-hydrogen) atoms. The van der Waals surface area contributed by atoms with E-state index in [1.54, 1.807) is 0 Å². The van der Waals surface area contributed by atoms with Crippen molar-refractivity contribution in [2.75, 3.05) is 18.0 Å². The summed E-state index contributed by atoms with van der Waals surface area (Å²) in [5, 5.41) is 8.16. The molecule has 2 aromatic carbocycles. The smallest absolute Gasteiger partial charge is 0.294 e. The predicted octanol–water partition coefficient (Wildman–Crippen LogP) is 3.81. The molecule has 0 saturated heterocycles. The Morgan fingerprint density at radius 3 is 1.67 bits per heavy atom. The number of benzene rings is 2. The van der Waals surface area contributed by atoms with Gasteiger partial charge in [0.15, 0.2) is 0 Å². The Labute approximate surface area is 185 Å². The van der Waals surface area contributed by atoms with Gasteiger partial charge in [0.25, 0.3) is 10.1 Å². The van der Waals surface area contributed by atoms with E-state index in [2.05, 4.69) is 29.0 Å². The normalized spacial score (nSPS) is 11.3. The number of azo groups is 1. The summed E-state index contributed by atoms with van der Waals surface area (Å²) < 4.78 is 30.8. The molecular formula is C16H19KN3O3S. The van der Waals surface area contributed by atoms with Crippen LogP contribution < -0.4 is 4.90 Å². The van der Waals surface area contributed by atoms with E-state index >= 15 is 0 Å². The zero-order valence-electron chi connectivity index (χ0n) is 14.0. The van der Waals surface area contributed by atoms with Crippen LogP contribution in [0.1, 0.15) is 13.8 Å². The molecule has 8 heteroatoms. The molecule has 2 aromatic rings. The molecule has 0 heterocycles. The third-order valence-electron chi connectivity index (χ3n) is 3.39. The monoisotopic (exact) mass is 372 g/mol. The Morgan fingerprint density at radius 1 is 0.875 bits per heavy atom. The first-order valence-corrected chi connectivity index (χ1v) is 8.72. The molecule has 123 valence electrons. The molecule has 2 rings (SSSR count). The summed E-state index contributed by atoms with van der Waals surface area (Å²) in [4.78, 5) is 2.06. The minimum absolute atomic E-state index is 0. The predicted molar refractivity (Wildman–Crippen MR) is 96.2 cm³/mol. The topological polar surface area (TPSA) is 82.3 Å². The summed E-state index contributed by atoms with van der Waals surface area (Å²) in [7, 11) is -4.18. The van der Waals surface area contributed by atoms with E-state index in [1.165, 1.54) is 24.3 Å². The van der Waals surface area contributed by atoms with Gasteiger partial charge in [-0.3, -0.25) is 4.55 Å². The fraction of sp³-hybridized carbons (Fsp3) is 0.250. The summed E-state index contributed by atoms with van der Waals surface area (Å²) in [6.07, 6.45) is 0. The van der Waals surface area contributed by atoms with Crippen molar-refractivity contribution in [3.8, 4) is 0 Å². The molecule has 0 aliphatic rings. The van der Waals surface area contributed by atoms with Crippen LogP contribution in [0, 0.1) is 0 Å². The molecule has 1 radical (unpaired) electrons. The summed E-state index contributed by atoms with van der Waals surface area (Å²) in [5.74, 6) is 0. The van der Waals surface area contributed by atoms with Crippen LogP contribution in [0.5, 0.6) is 0 Å². The maximum Gasteiger partial charge on any atom is 0.294 e. The third kappa shape index (κ3) is 6.03. The van der Waals surface area contributed by atoms with Crippen LogP contribution in [0.25, 0.3) is 0 Å². The largest absolute Gasteiger partial charge is 0.372 e. The fourth-order valence-corrected chi connectivity index (χ4v) is 2.60. The van der Waals surface area contributed by atoms with Crippen molar-refractivity contribution in [1.29, 1.82) is 0 Å². The maximum atomic E-state index is 11.0. The minimum Gasteiger partial charge on any atom is -0.372 e. The second-order valence-corrected chi connectivity index (χ2v) is 6.28. The first-order chi connectivity index (χ1) is 10.9. The van der Waals surface area contributed by atoms with Crippen molar-refractivity contribution < 1.29 is 13.0 Å². The van der Waals surface area contributed by atoms with Crippen molar-refractivity contribution in [1.82, 2.24) is 0 Å². The molecule has 0 aliphatic heterocycles. The van der Waals surface area contributed by atoms with Gasteiger partial charge >= 0.3 is 0 Å².